The summed E-state index contributed by atoms with van der Waals surface area (Å²) in [5.41, 5.74) is 0.675. The molecule has 0 spiro atoms. The van der Waals surface area contributed by atoms with Gasteiger partial charge in [0.15, 0.2) is 0 Å². The number of rotatable bonds is 7. The number of amides is 2. The Bertz CT molecular complexity index is 541. The van der Waals surface area contributed by atoms with E-state index in [4.69, 9.17) is 9.47 Å². The molecule has 0 aliphatic carbocycles. The third-order valence-corrected chi connectivity index (χ3v) is 3.87. The van der Waals surface area contributed by atoms with E-state index in [9.17, 15) is 9.59 Å². The number of carbonyl (C=O) groups is 2. The predicted octanol–water partition coefficient (Wildman–Crippen LogP) is 1.73. The molecule has 2 amide bonds. The van der Waals surface area contributed by atoms with Crippen molar-refractivity contribution in [3.05, 3.63) is 24.3 Å². The molecule has 1 unspecified atom stereocenters. The molecule has 126 valence electrons. The van der Waals surface area contributed by atoms with Crippen LogP contribution in [0, 0.1) is 0 Å². The Balaban J connectivity index is 1.89. The number of para-hydroxylation sites is 2. The normalized spacial score (nSPS) is 16.9. The lowest BCUT2D eigenvalue weighted by molar-refractivity contribution is -0.121. The molecule has 6 heteroatoms. The zero-order valence-corrected chi connectivity index (χ0v) is 13.7. The van der Waals surface area contributed by atoms with E-state index in [1.807, 2.05) is 18.2 Å². The number of nitrogens with zero attached hydrogens (tertiary/aromatic N) is 1. The number of hydrogen-bond donors (Lipinski definition) is 1. The van der Waals surface area contributed by atoms with Crippen molar-refractivity contribution in [2.24, 2.45) is 0 Å². The quantitative estimate of drug-likeness (QED) is 0.831. The van der Waals surface area contributed by atoms with Gasteiger partial charge in [-0.25, -0.2) is 0 Å². The summed E-state index contributed by atoms with van der Waals surface area (Å²) < 4.78 is 10.8. The number of carbonyl (C=O) groups excluding carboxylic acids is 2. The van der Waals surface area contributed by atoms with E-state index >= 15 is 0 Å². The summed E-state index contributed by atoms with van der Waals surface area (Å²) in [6.07, 6.45) is 2.40. The molecule has 0 aromatic heterocycles. The van der Waals surface area contributed by atoms with Crippen molar-refractivity contribution < 1.29 is 19.1 Å². The topological polar surface area (TPSA) is 67.9 Å². The van der Waals surface area contributed by atoms with E-state index in [1.165, 1.54) is 6.92 Å². The van der Waals surface area contributed by atoms with Gasteiger partial charge in [-0.1, -0.05) is 12.1 Å². The average molecular weight is 320 g/mol. The number of anilines is 1. The average Bonchev–Trinajstić information content (AvgIpc) is 3.06. The molecule has 1 aromatic rings. The van der Waals surface area contributed by atoms with Gasteiger partial charge < -0.3 is 19.7 Å². The van der Waals surface area contributed by atoms with Crippen LogP contribution >= 0.6 is 0 Å². The van der Waals surface area contributed by atoms with Crippen LogP contribution in [0.25, 0.3) is 0 Å². The Morgan fingerprint density at radius 2 is 2.17 bits per heavy atom. The first-order chi connectivity index (χ1) is 11.1. The van der Waals surface area contributed by atoms with Gasteiger partial charge in [-0.2, -0.15) is 0 Å². The minimum atomic E-state index is -0.124. The minimum Gasteiger partial charge on any atom is -0.495 e. The highest BCUT2D eigenvalue weighted by Gasteiger charge is 2.19. The Hall–Kier alpha value is -2.08. The van der Waals surface area contributed by atoms with Gasteiger partial charge in [0.2, 0.25) is 11.8 Å². The summed E-state index contributed by atoms with van der Waals surface area (Å²) >= 11 is 0. The van der Waals surface area contributed by atoms with Crippen molar-refractivity contribution in [2.75, 3.05) is 31.7 Å². The Morgan fingerprint density at radius 1 is 1.39 bits per heavy atom. The fourth-order valence-corrected chi connectivity index (χ4v) is 2.64. The molecular formula is C17H24N2O4. The van der Waals surface area contributed by atoms with E-state index in [0.717, 1.165) is 19.4 Å². The maximum atomic E-state index is 12.0. The third kappa shape index (κ3) is 4.96. The van der Waals surface area contributed by atoms with Crippen molar-refractivity contribution in [3.63, 3.8) is 0 Å². The highest BCUT2D eigenvalue weighted by molar-refractivity contribution is 5.93. The number of benzene rings is 1. The highest BCUT2D eigenvalue weighted by atomic mass is 16.5. The molecule has 1 aliphatic rings. The summed E-state index contributed by atoms with van der Waals surface area (Å²) in [6, 6.07) is 7.29. The molecule has 1 aliphatic heterocycles. The molecule has 1 atom stereocenters. The van der Waals surface area contributed by atoms with Gasteiger partial charge in [0.25, 0.3) is 0 Å². The molecule has 23 heavy (non-hydrogen) atoms. The van der Waals surface area contributed by atoms with E-state index in [0.29, 0.717) is 24.5 Å². The molecule has 1 N–H and O–H groups in total. The fraction of sp³-hybridized carbons (Fsp3) is 0.529. The molecule has 0 radical (unpaired) electrons. The van der Waals surface area contributed by atoms with Crippen molar-refractivity contribution >= 4 is 17.5 Å². The smallest absolute Gasteiger partial charge is 0.223 e. The molecule has 2 rings (SSSR count). The lowest BCUT2D eigenvalue weighted by atomic mass is 10.2. The number of methoxy groups -OCH3 is 1. The number of ether oxygens (including phenoxy) is 2. The molecule has 6 nitrogen and oxygen atoms in total. The molecule has 0 saturated carbocycles. The summed E-state index contributed by atoms with van der Waals surface area (Å²) in [5.74, 6) is 0.408. The summed E-state index contributed by atoms with van der Waals surface area (Å²) in [5, 5.41) is 2.87. The third-order valence-electron chi connectivity index (χ3n) is 3.87. The largest absolute Gasteiger partial charge is 0.495 e. The van der Waals surface area contributed by atoms with Gasteiger partial charge in [-0.15, -0.1) is 0 Å². The van der Waals surface area contributed by atoms with Crippen LogP contribution in [0.4, 0.5) is 5.69 Å². The molecule has 1 fully saturated rings. The second-order valence-corrected chi connectivity index (χ2v) is 5.53. The van der Waals surface area contributed by atoms with Crippen molar-refractivity contribution in [1.29, 1.82) is 0 Å². The summed E-state index contributed by atoms with van der Waals surface area (Å²) in [4.78, 5) is 25.4. The first kappa shape index (κ1) is 17.3. The monoisotopic (exact) mass is 320 g/mol. The van der Waals surface area contributed by atoms with Crippen LogP contribution in [0.5, 0.6) is 5.75 Å². The van der Waals surface area contributed by atoms with E-state index < -0.39 is 0 Å². The zero-order chi connectivity index (χ0) is 16.7. The van der Waals surface area contributed by atoms with Crippen LogP contribution < -0.4 is 15.0 Å². The van der Waals surface area contributed by atoms with E-state index in [2.05, 4.69) is 5.32 Å². The second kappa shape index (κ2) is 8.53. The highest BCUT2D eigenvalue weighted by Crippen LogP contribution is 2.27. The van der Waals surface area contributed by atoms with E-state index in [1.54, 1.807) is 18.1 Å². The maximum absolute atomic E-state index is 12.0. The number of nitrogens with one attached hydrogen (secondary N) is 1. The Kier molecular flexibility index (Phi) is 6.40. The van der Waals surface area contributed by atoms with E-state index in [-0.39, 0.29) is 24.3 Å². The molecule has 1 heterocycles. The first-order valence-electron chi connectivity index (χ1n) is 7.91. The Labute approximate surface area is 136 Å². The SMILES string of the molecule is COc1ccccc1N(CCC(=O)NCC1CCCO1)C(C)=O. The van der Waals surface area contributed by atoms with Crippen LogP contribution in [0.15, 0.2) is 24.3 Å². The van der Waals surface area contributed by atoms with Gasteiger partial charge in [-0.3, -0.25) is 9.59 Å². The van der Waals surface area contributed by atoms with Gasteiger partial charge in [0.1, 0.15) is 5.75 Å². The van der Waals surface area contributed by atoms with Crippen molar-refractivity contribution in [2.45, 2.75) is 32.3 Å². The van der Waals surface area contributed by atoms with Gasteiger partial charge in [0, 0.05) is 33.0 Å². The van der Waals surface area contributed by atoms with Crippen molar-refractivity contribution in [1.82, 2.24) is 5.32 Å². The van der Waals surface area contributed by atoms with Crippen molar-refractivity contribution in [3.8, 4) is 5.75 Å². The van der Waals surface area contributed by atoms with Gasteiger partial charge >= 0.3 is 0 Å². The minimum absolute atomic E-state index is 0.0818. The molecular weight excluding hydrogens is 296 g/mol. The van der Waals surface area contributed by atoms with Crippen LogP contribution in [0.2, 0.25) is 0 Å². The Morgan fingerprint density at radius 3 is 2.83 bits per heavy atom. The standard InChI is InChI=1S/C17H24N2O4/c1-13(20)19(15-7-3-4-8-16(15)22-2)10-9-17(21)18-12-14-6-5-11-23-14/h3-4,7-8,14H,5-6,9-12H2,1-2H3,(H,18,21). The van der Waals surface area contributed by atoms with Gasteiger partial charge in [0.05, 0.1) is 18.9 Å². The first-order valence-corrected chi connectivity index (χ1v) is 7.91. The summed E-state index contributed by atoms with van der Waals surface area (Å²) in [7, 11) is 1.56. The lowest BCUT2D eigenvalue weighted by Gasteiger charge is -2.23. The fourth-order valence-electron chi connectivity index (χ4n) is 2.64. The lowest BCUT2D eigenvalue weighted by Crippen LogP contribution is -2.36. The van der Waals surface area contributed by atoms with Gasteiger partial charge in [-0.05, 0) is 25.0 Å². The maximum Gasteiger partial charge on any atom is 0.223 e. The molecule has 1 aromatic carbocycles. The molecule has 1 saturated heterocycles. The zero-order valence-electron chi connectivity index (χ0n) is 13.7. The predicted molar refractivity (Wildman–Crippen MR) is 87.6 cm³/mol. The second-order valence-electron chi connectivity index (χ2n) is 5.53. The molecule has 0 bridgehead atoms. The summed E-state index contributed by atoms with van der Waals surface area (Å²) in [6.45, 7) is 3.10. The van der Waals surface area contributed by atoms with Crippen LogP contribution in [-0.4, -0.2) is 44.7 Å². The van der Waals surface area contributed by atoms with Crippen LogP contribution in [0.1, 0.15) is 26.2 Å². The van der Waals surface area contributed by atoms with Crippen LogP contribution in [-0.2, 0) is 14.3 Å². The number of hydrogen-bond acceptors (Lipinski definition) is 4. The van der Waals surface area contributed by atoms with Crippen LogP contribution in [0.3, 0.4) is 0 Å².